The number of carboxylic acid groups (broad SMARTS) is 1. The van der Waals surface area contributed by atoms with Crippen LogP contribution in [0.25, 0.3) is 0 Å². The largest absolute Gasteiger partial charge is 0.478 e. The van der Waals surface area contributed by atoms with Crippen LogP contribution in [0.1, 0.15) is 21.5 Å². The first kappa shape index (κ1) is 15.3. The SMILES string of the molecule is O=C(Cc1cccc(Br)c1)NCc1ccc(C(=O)O)cc1. The molecule has 2 rings (SSSR count). The van der Waals surface area contributed by atoms with Gasteiger partial charge in [0.2, 0.25) is 5.91 Å². The molecule has 0 atom stereocenters. The zero-order chi connectivity index (χ0) is 15.2. The summed E-state index contributed by atoms with van der Waals surface area (Å²) in [6, 6.07) is 14.0. The zero-order valence-corrected chi connectivity index (χ0v) is 12.8. The summed E-state index contributed by atoms with van der Waals surface area (Å²) in [4.78, 5) is 22.6. The molecule has 108 valence electrons. The van der Waals surface area contributed by atoms with E-state index in [1.807, 2.05) is 24.3 Å². The number of hydrogen-bond acceptors (Lipinski definition) is 2. The number of amides is 1. The Bertz CT molecular complexity index is 653. The highest BCUT2D eigenvalue weighted by atomic mass is 79.9. The van der Waals surface area contributed by atoms with E-state index in [1.165, 1.54) is 12.1 Å². The van der Waals surface area contributed by atoms with E-state index in [1.54, 1.807) is 12.1 Å². The van der Waals surface area contributed by atoms with E-state index in [0.717, 1.165) is 15.6 Å². The molecule has 2 aromatic carbocycles. The van der Waals surface area contributed by atoms with Gasteiger partial charge in [0.1, 0.15) is 0 Å². The van der Waals surface area contributed by atoms with E-state index in [4.69, 9.17) is 5.11 Å². The summed E-state index contributed by atoms with van der Waals surface area (Å²) in [6.07, 6.45) is 0.312. The molecule has 1 amide bonds. The fraction of sp³-hybridized carbons (Fsp3) is 0.125. The Kier molecular flexibility index (Phi) is 5.11. The summed E-state index contributed by atoms with van der Waals surface area (Å²) in [6.45, 7) is 0.382. The van der Waals surface area contributed by atoms with E-state index in [2.05, 4.69) is 21.2 Å². The van der Waals surface area contributed by atoms with Gasteiger partial charge in [-0.05, 0) is 35.4 Å². The van der Waals surface area contributed by atoms with Crippen molar-refractivity contribution in [2.75, 3.05) is 0 Å². The van der Waals surface area contributed by atoms with Crippen LogP contribution in [0.5, 0.6) is 0 Å². The molecule has 0 aromatic heterocycles. The van der Waals surface area contributed by atoms with Crippen molar-refractivity contribution in [1.82, 2.24) is 5.32 Å². The molecular weight excluding hydrogens is 334 g/mol. The number of nitrogens with one attached hydrogen (secondary N) is 1. The molecule has 5 heteroatoms. The van der Waals surface area contributed by atoms with Crippen LogP contribution in [0.4, 0.5) is 0 Å². The maximum absolute atomic E-state index is 11.9. The second kappa shape index (κ2) is 7.04. The molecule has 2 aromatic rings. The number of aromatic carboxylic acids is 1. The molecule has 0 heterocycles. The molecule has 0 aliphatic rings. The fourth-order valence-corrected chi connectivity index (χ4v) is 2.31. The van der Waals surface area contributed by atoms with Crippen molar-refractivity contribution in [3.05, 3.63) is 69.7 Å². The van der Waals surface area contributed by atoms with Crippen molar-refractivity contribution in [3.8, 4) is 0 Å². The van der Waals surface area contributed by atoms with Crippen molar-refractivity contribution in [3.63, 3.8) is 0 Å². The van der Waals surface area contributed by atoms with E-state index in [0.29, 0.717) is 13.0 Å². The van der Waals surface area contributed by atoms with Crippen LogP contribution in [0.15, 0.2) is 53.0 Å². The predicted molar refractivity (Wildman–Crippen MR) is 83.1 cm³/mol. The number of rotatable bonds is 5. The molecule has 0 fully saturated rings. The van der Waals surface area contributed by atoms with Crippen LogP contribution in [0.3, 0.4) is 0 Å². The van der Waals surface area contributed by atoms with Gasteiger partial charge in [-0.2, -0.15) is 0 Å². The molecule has 0 saturated carbocycles. The summed E-state index contributed by atoms with van der Waals surface area (Å²) < 4.78 is 0.942. The van der Waals surface area contributed by atoms with E-state index < -0.39 is 5.97 Å². The predicted octanol–water partition coefficient (Wildman–Crippen LogP) is 3.01. The molecule has 4 nitrogen and oxygen atoms in total. The third-order valence-corrected chi connectivity index (χ3v) is 3.44. The topological polar surface area (TPSA) is 66.4 Å². The molecule has 0 unspecified atom stereocenters. The van der Waals surface area contributed by atoms with Crippen molar-refractivity contribution in [2.24, 2.45) is 0 Å². The molecular formula is C16H14BrNO3. The minimum atomic E-state index is -0.958. The molecule has 0 bridgehead atoms. The summed E-state index contributed by atoms with van der Waals surface area (Å²) in [5.41, 5.74) is 2.03. The Hall–Kier alpha value is -2.14. The minimum absolute atomic E-state index is 0.0737. The van der Waals surface area contributed by atoms with Crippen LogP contribution < -0.4 is 5.32 Å². The lowest BCUT2D eigenvalue weighted by Crippen LogP contribution is -2.24. The Labute approximate surface area is 130 Å². The maximum Gasteiger partial charge on any atom is 0.335 e. The second-order valence-corrected chi connectivity index (χ2v) is 5.50. The van der Waals surface area contributed by atoms with Gasteiger partial charge in [0.25, 0.3) is 0 Å². The van der Waals surface area contributed by atoms with Gasteiger partial charge >= 0.3 is 5.97 Å². The zero-order valence-electron chi connectivity index (χ0n) is 11.2. The third-order valence-electron chi connectivity index (χ3n) is 2.94. The van der Waals surface area contributed by atoms with Crippen molar-refractivity contribution in [2.45, 2.75) is 13.0 Å². The first-order valence-electron chi connectivity index (χ1n) is 6.38. The van der Waals surface area contributed by atoms with E-state index in [9.17, 15) is 9.59 Å². The summed E-state index contributed by atoms with van der Waals surface area (Å²) >= 11 is 3.37. The van der Waals surface area contributed by atoms with Gasteiger partial charge in [-0.25, -0.2) is 4.79 Å². The van der Waals surface area contributed by atoms with Crippen molar-refractivity contribution >= 4 is 27.8 Å². The van der Waals surface area contributed by atoms with E-state index in [-0.39, 0.29) is 11.5 Å². The minimum Gasteiger partial charge on any atom is -0.478 e. The Morgan fingerprint density at radius 2 is 1.76 bits per heavy atom. The van der Waals surface area contributed by atoms with Gasteiger partial charge in [-0.15, -0.1) is 0 Å². The highest BCUT2D eigenvalue weighted by Gasteiger charge is 2.05. The number of carbonyl (C=O) groups is 2. The fourth-order valence-electron chi connectivity index (χ4n) is 1.86. The molecule has 2 N–H and O–H groups in total. The van der Waals surface area contributed by atoms with Crippen LogP contribution in [-0.4, -0.2) is 17.0 Å². The lowest BCUT2D eigenvalue weighted by molar-refractivity contribution is -0.120. The average molecular weight is 348 g/mol. The Morgan fingerprint density at radius 1 is 1.05 bits per heavy atom. The lowest BCUT2D eigenvalue weighted by atomic mass is 10.1. The average Bonchev–Trinajstić information content (AvgIpc) is 2.45. The summed E-state index contributed by atoms with van der Waals surface area (Å²) in [7, 11) is 0. The van der Waals surface area contributed by atoms with Gasteiger partial charge in [0.15, 0.2) is 0 Å². The number of carboxylic acids is 1. The number of benzene rings is 2. The van der Waals surface area contributed by atoms with Crippen molar-refractivity contribution < 1.29 is 14.7 Å². The lowest BCUT2D eigenvalue weighted by Gasteiger charge is -2.06. The Morgan fingerprint density at radius 3 is 2.38 bits per heavy atom. The van der Waals surface area contributed by atoms with Gasteiger partial charge in [0.05, 0.1) is 12.0 Å². The Balaban J connectivity index is 1.87. The molecule has 21 heavy (non-hydrogen) atoms. The molecule has 0 saturated heterocycles. The summed E-state index contributed by atoms with van der Waals surface area (Å²) in [5, 5.41) is 11.6. The molecule has 0 radical (unpaired) electrons. The monoisotopic (exact) mass is 347 g/mol. The van der Waals surface area contributed by atoms with Crippen LogP contribution in [-0.2, 0) is 17.8 Å². The normalized spacial score (nSPS) is 10.1. The van der Waals surface area contributed by atoms with Crippen LogP contribution >= 0.6 is 15.9 Å². The molecule has 0 aliphatic heterocycles. The first-order chi connectivity index (χ1) is 10.0. The number of halogens is 1. The van der Waals surface area contributed by atoms with E-state index >= 15 is 0 Å². The van der Waals surface area contributed by atoms with Gasteiger partial charge in [0, 0.05) is 11.0 Å². The van der Waals surface area contributed by atoms with Gasteiger partial charge < -0.3 is 10.4 Å². The standard InChI is InChI=1S/C16H14BrNO3/c17-14-3-1-2-12(8-14)9-15(19)18-10-11-4-6-13(7-5-11)16(20)21/h1-8H,9-10H2,(H,18,19)(H,20,21). The third kappa shape index (κ3) is 4.72. The highest BCUT2D eigenvalue weighted by molar-refractivity contribution is 9.10. The first-order valence-corrected chi connectivity index (χ1v) is 7.17. The molecule has 0 aliphatic carbocycles. The number of hydrogen-bond donors (Lipinski definition) is 2. The van der Waals surface area contributed by atoms with Crippen LogP contribution in [0.2, 0.25) is 0 Å². The quantitative estimate of drug-likeness (QED) is 0.873. The highest BCUT2D eigenvalue weighted by Crippen LogP contribution is 2.12. The molecule has 0 spiro atoms. The maximum atomic E-state index is 11.9. The smallest absolute Gasteiger partial charge is 0.335 e. The second-order valence-electron chi connectivity index (χ2n) is 4.59. The van der Waals surface area contributed by atoms with Crippen molar-refractivity contribution in [1.29, 1.82) is 0 Å². The van der Waals surface area contributed by atoms with Gasteiger partial charge in [-0.3, -0.25) is 4.79 Å². The number of carbonyl (C=O) groups excluding carboxylic acids is 1. The summed E-state index contributed by atoms with van der Waals surface area (Å²) in [5.74, 6) is -1.03. The van der Waals surface area contributed by atoms with Crippen LogP contribution in [0, 0.1) is 0 Å². The van der Waals surface area contributed by atoms with Gasteiger partial charge in [-0.1, -0.05) is 40.2 Å².